The molecule has 1 unspecified atom stereocenters. The predicted molar refractivity (Wildman–Crippen MR) is 72.0 cm³/mol. The highest BCUT2D eigenvalue weighted by molar-refractivity contribution is 5.78. The number of hydrogen-bond donors (Lipinski definition) is 1. The van der Waals surface area contributed by atoms with E-state index in [1.54, 1.807) is 5.32 Å². The molecule has 2 rings (SSSR count). The molecule has 1 atom stereocenters. The van der Waals surface area contributed by atoms with Crippen LogP contribution in [0.5, 0.6) is 0 Å². The van der Waals surface area contributed by atoms with Gasteiger partial charge in [0.05, 0.1) is 17.6 Å². The van der Waals surface area contributed by atoms with E-state index in [2.05, 4.69) is 0 Å². The molecule has 0 heterocycles. The second-order valence-electron chi connectivity index (χ2n) is 5.69. The maximum Gasteiger partial charge on any atom is 0.416 e. The maximum atomic E-state index is 13.3. The highest BCUT2D eigenvalue weighted by Crippen LogP contribution is 2.43. The van der Waals surface area contributed by atoms with Crippen molar-refractivity contribution < 1.29 is 35.9 Å². The molecular weight excluding hydrogens is 340 g/mol. The third kappa shape index (κ3) is 4.19. The Balaban J connectivity index is 2.29. The Labute approximate surface area is 134 Å². The Bertz CT molecular complexity index is 607. The van der Waals surface area contributed by atoms with Gasteiger partial charge < -0.3 is 10.1 Å². The van der Waals surface area contributed by atoms with Crippen LogP contribution in [0.3, 0.4) is 0 Å². The lowest BCUT2D eigenvalue weighted by molar-refractivity contribution is -0.168. The zero-order valence-corrected chi connectivity index (χ0v) is 12.6. The standard InChI is InChI=1S/C15H15F6NO2/c1-24-13(6-7-13)8-11(23)22-12(15(19,20)21)9-4-2-3-5-10(9)14(16,17)18/h2-5,12H,6-8H2,1H3,(H,22,23). The van der Waals surface area contributed by atoms with Crippen molar-refractivity contribution in [3.63, 3.8) is 0 Å². The molecular formula is C15H15F6NO2. The zero-order chi connectivity index (χ0) is 18.2. The number of benzene rings is 1. The molecule has 0 bridgehead atoms. The zero-order valence-electron chi connectivity index (χ0n) is 12.6. The van der Waals surface area contributed by atoms with Gasteiger partial charge in [-0.15, -0.1) is 0 Å². The Morgan fingerprint density at radius 1 is 1.21 bits per heavy atom. The normalized spacial score (nSPS) is 18.1. The summed E-state index contributed by atoms with van der Waals surface area (Å²) in [5.74, 6) is -1.01. The first kappa shape index (κ1) is 18.6. The van der Waals surface area contributed by atoms with Crippen LogP contribution in [0.2, 0.25) is 0 Å². The third-order valence-corrected chi connectivity index (χ3v) is 3.93. The fourth-order valence-corrected chi connectivity index (χ4v) is 2.44. The van der Waals surface area contributed by atoms with Gasteiger partial charge in [-0.3, -0.25) is 4.79 Å². The largest absolute Gasteiger partial charge is 0.416 e. The van der Waals surface area contributed by atoms with Gasteiger partial charge in [-0.25, -0.2) is 0 Å². The Hall–Kier alpha value is -1.77. The van der Waals surface area contributed by atoms with Gasteiger partial charge in [0.2, 0.25) is 5.91 Å². The summed E-state index contributed by atoms with van der Waals surface area (Å²) in [5, 5.41) is 1.67. The van der Waals surface area contributed by atoms with Gasteiger partial charge in [-0.1, -0.05) is 18.2 Å². The van der Waals surface area contributed by atoms with Gasteiger partial charge in [-0.2, -0.15) is 26.3 Å². The Morgan fingerprint density at radius 3 is 2.25 bits per heavy atom. The lowest BCUT2D eigenvalue weighted by Crippen LogP contribution is -2.40. The third-order valence-electron chi connectivity index (χ3n) is 3.93. The number of ether oxygens (including phenoxy) is 1. The smallest absolute Gasteiger partial charge is 0.378 e. The van der Waals surface area contributed by atoms with Crippen molar-refractivity contribution in [3.05, 3.63) is 35.4 Å². The van der Waals surface area contributed by atoms with E-state index in [0.29, 0.717) is 25.0 Å². The number of carbonyl (C=O) groups excluding carboxylic acids is 1. The molecule has 9 heteroatoms. The summed E-state index contributed by atoms with van der Waals surface area (Å²) in [6.07, 6.45) is -9.32. The minimum absolute atomic E-state index is 0.329. The van der Waals surface area contributed by atoms with Crippen molar-refractivity contribution in [2.45, 2.75) is 43.3 Å². The van der Waals surface area contributed by atoms with E-state index in [0.717, 1.165) is 12.1 Å². The number of alkyl halides is 6. The molecule has 1 aliphatic rings. The minimum atomic E-state index is -5.07. The molecule has 1 aromatic rings. The van der Waals surface area contributed by atoms with Crippen LogP contribution in [-0.2, 0) is 15.7 Å². The molecule has 0 radical (unpaired) electrons. The molecule has 1 saturated carbocycles. The molecule has 1 aromatic carbocycles. The summed E-state index contributed by atoms with van der Waals surface area (Å²) in [7, 11) is 1.33. The molecule has 3 nitrogen and oxygen atoms in total. The van der Waals surface area contributed by atoms with Crippen LogP contribution in [0.15, 0.2) is 24.3 Å². The monoisotopic (exact) mass is 355 g/mol. The highest BCUT2D eigenvalue weighted by atomic mass is 19.4. The SMILES string of the molecule is COC1(CC(=O)NC(c2ccccc2C(F)(F)F)C(F)(F)F)CC1. The van der Waals surface area contributed by atoms with Crippen LogP contribution in [0.25, 0.3) is 0 Å². The van der Waals surface area contributed by atoms with Crippen LogP contribution < -0.4 is 5.32 Å². The van der Waals surface area contributed by atoms with Crippen molar-refractivity contribution in [2.75, 3.05) is 7.11 Å². The van der Waals surface area contributed by atoms with Crippen molar-refractivity contribution in [1.82, 2.24) is 5.32 Å². The summed E-state index contributed by atoms with van der Waals surface area (Å²) in [6.45, 7) is 0. The number of amides is 1. The maximum absolute atomic E-state index is 13.3. The molecule has 1 aliphatic carbocycles. The number of halogens is 6. The van der Waals surface area contributed by atoms with Crippen LogP contribution in [0.1, 0.15) is 36.4 Å². The predicted octanol–water partition coefficient (Wildman–Crippen LogP) is 3.99. The van der Waals surface area contributed by atoms with Gasteiger partial charge in [0.1, 0.15) is 0 Å². The van der Waals surface area contributed by atoms with Crippen molar-refractivity contribution in [1.29, 1.82) is 0 Å². The quantitative estimate of drug-likeness (QED) is 0.811. The van der Waals surface area contributed by atoms with E-state index in [1.807, 2.05) is 0 Å². The van der Waals surface area contributed by atoms with Gasteiger partial charge in [0.15, 0.2) is 6.04 Å². The fraction of sp³-hybridized carbons (Fsp3) is 0.533. The van der Waals surface area contributed by atoms with Crippen molar-refractivity contribution in [3.8, 4) is 0 Å². The van der Waals surface area contributed by atoms with Gasteiger partial charge >= 0.3 is 12.4 Å². The lowest BCUT2D eigenvalue weighted by Gasteiger charge is -2.25. The van der Waals surface area contributed by atoms with E-state index in [9.17, 15) is 31.1 Å². The number of carbonyl (C=O) groups is 1. The molecule has 0 saturated heterocycles. The molecule has 0 aliphatic heterocycles. The Morgan fingerprint density at radius 2 is 1.79 bits per heavy atom. The number of methoxy groups -OCH3 is 1. The summed E-state index contributed by atoms with van der Waals surface area (Å²) in [5.41, 5.74) is -3.27. The lowest BCUT2D eigenvalue weighted by atomic mass is 9.99. The second kappa shape index (κ2) is 6.27. The van der Waals surface area contributed by atoms with Crippen LogP contribution in [0.4, 0.5) is 26.3 Å². The molecule has 134 valence electrons. The van der Waals surface area contributed by atoms with E-state index < -0.39 is 41.0 Å². The average molecular weight is 355 g/mol. The summed E-state index contributed by atoms with van der Waals surface area (Å²) < 4.78 is 83.7. The molecule has 0 spiro atoms. The van der Waals surface area contributed by atoms with E-state index in [4.69, 9.17) is 4.74 Å². The van der Waals surface area contributed by atoms with E-state index in [1.165, 1.54) is 7.11 Å². The van der Waals surface area contributed by atoms with Gasteiger partial charge in [0.25, 0.3) is 0 Å². The Kier molecular flexibility index (Phi) is 4.85. The first-order valence-corrected chi connectivity index (χ1v) is 7.06. The first-order valence-electron chi connectivity index (χ1n) is 7.06. The molecule has 24 heavy (non-hydrogen) atoms. The minimum Gasteiger partial charge on any atom is -0.378 e. The molecule has 1 N–H and O–H groups in total. The van der Waals surface area contributed by atoms with Crippen molar-refractivity contribution in [2.24, 2.45) is 0 Å². The fourth-order valence-electron chi connectivity index (χ4n) is 2.44. The molecule has 0 aromatic heterocycles. The number of nitrogens with one attached hydrogen (secondary N) is 1. The molecule has 1 fully saturated rings. The summed E-state index contributed by atoms with van der Waals surface area (Å²) in [6, 6.07) is 0.580. The first-order chi connectivity index (χ1) is 11.0. The summed E-state index contributed by atoms with van der Waals surface area (Å²) >= 11 is 0. The van der Waals surface area contributed by atoms with Crippen LogP contribution in [-0.4, -0.2) is 24.8 Å². The van der Waals surface area contributed by atoms with Gasteiger partial charge in [0, 0.05) is 7.11 Å². The summed E-state index contributed by atoms with van der Waals surface area (Å²) in [4.78, 5) is 11.9. The average Bonchev–Trinajstić information content (AvgIpc) is 3.23. The van der Waals surface area contributed by atoms with E-state index in [-0.39, 0.29) is 6.42 Å². The number of rotatable bonds is 5. The second-order valence-corrected chi connectivity index (χ2v) is 5.69. The van der Waals surface area contributed by atoms with Crippen molar-refractivity contribution >= 4 is 5.91 Å². The molecule has 1 amide bonds. The number of hydrogen-bond acceptors (Lipinski definition) is 2. The topological polar surface area (TPSA) is 38.3 Å². The highest BCUT2D eigenvalue weighted by Gasteiger charge is 2.49. The van der Waals surface area contributed by atoms with Crippen LogP contribution in [0, 0.1) is 0 Å². The van der Waals surface area contributed by atoms with E-state index >= 15 is 0 Å². The van der Waals surface area contributed by atoms with Gasteiger partial charge in [-0.05, 0) is 24.5 Å². The van der Waals surface area contributed by atoms with Crippen LogP contribution >= 0.6 is 0 Å².